The van der Waals surface area contributed by atoms with Crippen LogP contribution in [0.25, 0.3) is 0 Å². The van der Waals surface area contributed by atoms with Crippen molar-refractivity contribution in [2.75, 3.05) is 19.8 Å². The lowest BCUT2D eigenvalue weighted by Gasteiger charge is -2.14. The molecule has 0 unspecified atom stereocenters. The fourth-order valence-corrected chi connectivity index (χ4v) is 2.84. The highest BCUT2D eigenvalue weighted by Gasteiger charge is 2.34. The summed E-state index contributed by atoms with van der Waals surface area (Å²) < 4.78 is 10.6. The van der Waals surface area contributed by atoms with E-state index < -0.39 is 5.97 Å². The summed E-state index contributed by atoms with van der Waals surface area (Å²) in [4.78, 5) is 37.4. The molecule has 2 aromatic carbocycles. The summed E-state index contributed by atoms with van der Waals surface area (Å²) in [6, 6.07) is 14.0. The molecule has 0 spiro atoms. The molecule has 0 aliphatic carbocycles. The Hall–Kier alpha value is -3.41. The van der Waals surface area contributed by atoms with Crippen LogP contribution in [0.5, 0.6) is 5.75 Å². The Kier molecular flexibility index (Phi) is 5.66. The summed E-state index contributed by atoms with van der Waals surface area (Å²) in [6.07, 6.45) is 2.38. The van der Waals surface area contributed by atoms with Gasteiger partial charge in [0.05, 0.1) is 17.7 Å². The minimum atomic E-state index is -0.569. The van der Waals surface area contributed by atoms with Crippen molar-refractivity contribution < 1.29 is 23.9 Å². The van der Waals surface area contributed by atoms with Gasteiger partial charge in [-0.3, -0.25) is 14.5 Å². The molecule has 3 rings (SSSR count). The van der Waals surface area contributed by atoms with E-state index in [1.807, 2.05) is 18.2 Å². The van der Waals surface area contributed by atoms with Crippen molar-refractivity contribution in [3.05, 3.63) is 77.9 Å². The number of amides is 2. The first-order valence-electron chi connectivity index (χ1n) is 8.54. The number of benzene rings is 2. The molecule has 0 radical (unpaired) electrons. The molecule has 2 amide bonds. The van der Waals surface area contributed by atoms with Crippen LogP contribution in [0.3, 0.4) is 0 Å². The quantitative estimate of drug-likeness (QED) is 0.408. The molecular formula is C21H19NO5. The zero-order chi connectivity index (χ0) is 19.2. The van der Waals surface area contributed by atoms with E-state index >= 15 is 0 Å². The van der Waals surface area contributed by atoms with Crippen molar-refractivity contribution in [2.24, 2.45) is 0 Å². The molecule has 27 heavy (non-hydrogen) atoms. The SMILES string of the molecule is C=CCc1ccccc1OCC(=O)OCCN1C(=O)c2ccccc2C1=O. The van der Waals surface area contributed by atoms with Gasteiger partial charge in [-0.2, -0.15) is 0 Å². The Labute approximate surface area is 157 Å². The summed E-state index contributed by atoms with van der Waals surface area (Å²) in [7, 11) is 0. The summed E-state index contributed by atoms with van der Waals surface area (Å²) in [5.41, 5.74) is 1.67. The fourth-order valence-electron chi connectivity index (χ4n) is 2.84. The second-order valence-corrected chi connectivity index (χ2v) is 5.92. The van der Waals surface area contributed by atoms with Crippen molar-refractivity contribution in [1.29, 1.82) is 0 Å². The molecular weight excluding hydrogens is 346 g/mol. The van der Waals surface area contributed by atoms with E-state index in [1.54, 1.807) is 36.4 Å². The number of hydrogen-bond donors (Lipinski definition) is 0. The van der Waals surface area contributed by atoms with Gasteiger partial charge in [0.25, 0.3) is 11.8 Å². The Bertz CT molecular complexity index is 855. The van der Waals surface area contributed by atoms with Crippen LogP contribution in [0.15, 0.2) is 61.2 Å². The molecule has 0 saturated heterocycles. The third-order valence-electron chi connectivity index (χ3n) is 4.14. The maximum absolute atomic E-state index is 12.2. The number of nitrogens with zero attached hydrogens (tertiary/aromatic N) is 1. The summed E-state index contributed by atoms with van der Waals surface area (Å²) in [5, 5.41) is 0. The Balaban J connectivity index is 1.48. The van der Waals surface area contributed by atoms with Crippen molar-refractivity contribution >= 4 is 17.8 Å². The Morgan fingerprint density at radius 1 is 1.00 bits per heavy atom. The standard InChI is InChI=1S/C21H19NO5/c1-2-7-15-8-3-6-11-18(15)27-14-19(23)26-13-12-22-20(24)16-9-4-5-10-17(16)21(22)25/h2-6,8-11H,1,7,12-14H2. The van der Waals surface area contributed by atoms with Gasteiger partial charge < -0.3 is 9.47 Å². The number of allylic oxidation sites excluding steroid dienone is 1. The number of imide groups is 1. The third kappa shape index (κ3) is 4.06. The molecule has 6 nitrogen and oxygen atoms in total. The normalized spacial score (nSPS) is 12.7. The number of esters is 1. The molecule has 0 atom stereocenters. The summed E-state index contributed by atoms with van der Waals surface area (Å²) in [5.74, 6) is -0.725. The van der Waals surface area contributed by atoms with Crippen LogP contribution < -0.4 is 4.74 Å². The van der Waals surface area contributed by atoms with Crippen LogP contribution in [-0.2, 0) is 16.0 Å². The van der Waals surface area contributed by atoms with Crippen LogP contribution in [0.1, 0.15) is 26.3 Å². The molecule has 1 heterocycles. The highest BCUT2D eigenvalue weighted by atomic mass is 16.6. The predicted molar refractivity (Wildman–Crippen MR) is 98.6 cm³/mol. The van der Waals surface area contributed by atoms with Crippen LogP contribution in [0.2, 0.25) is 0 Å². The number of carbonyl (C=O) groups excluding carboxylic acids is 3. The van der Waals surface area contributed by atoms with Crippen molar-refractivity contribution in [3.63, 3.8) is 0 Å². The first kappa shape index (κ1) is 18.4. The van der Waals surface area contributed by atoms with Crippen molar-refractivity contribution in [2.45, 2.75) is 6.42 Å². The molecule has 138 valence electrons. The lowest BCUT2D eigenvalue weighted by molar-refractivity contribution is -0.146. The monoisotopic (exact) mass is 365 g/mol. The molecule has 1 aliphatic heterocycles. The lowest BCUT2D eigenvalue weighted by atomic mass is 10.1. The number of rotatable bonds is 8. The van der Waals surface area contributed by atoms with E-state index in [0.717, 1.165) is 10.5 Å². The van der Waals surface area contributed by atoms with Gasteiger partial charge in [0.2, 0.25) is 0 Å². The van der Waals surface area contributed by atoms with Crippen LogP contribution in [0, 0.1) is 0 Å². The molecule has 0 fully saturated rings. The van der Waals surface area contributed by atoms with Gasteiger partial charge in [0, 0.05) is 0 Å². The minimum absolute atomic E-state index is 0.00510. The predicted octanol–water partition coefficient (Wildman–Crippen LogP) is 2.63. The van der Waals surface area contributed by atoms with E-state index in [9.17, 15) is 14.4 Å². The second kappa shape index (κ2) is 8.31. The number of ether oxygens (including phenoxy) is 2. The first-order valence-corrected chi connectivity index (χ1v) is 8.54. The largest absolute Gasteiger partial charge is 0.482 e. The number of carbonyl (C=O) groups is 3. The fraction of sp³-hybridized carbons (Fsp3) is 0.190. The smallest absolute Gasteiger partial charge is 0.344 e. The average Bonchev–Trinajstić information content (AvgIpc) is 2.93. The molecule has 0 bridgehead atoms. The molecule has 0 aromatic heterocycles. The highest BCUT2D eigenvalue weighted by Crippen LogP contribution is 2.22. The first-order chi connectivity index (χ1) is 13.1. The van der Waals surface area contributed by atoms with Crippen LogP contribution in [-0.4, -0.2) is 42.4 Å². The van der Waals surface area contributed by atoms with Crippen molar-refractivity contribution in [3.8, 4) is 5.75 Å². The maximum atomic E-state index is 12.2. The van der Waals surface area contributed by atoms with Gasteiger partial charge in [-0.1, -0.05) is 36.4 Å². The Morgan fingerprint density at radius 3 is 2.30 bits per heavy atom. The molecule has 2 aromatic rings. The highest BCUT2D eigenvalue weighted by molar-refractivity contribution is 6.21. The Morgan fingerprint density at radius 2 is 1.63 bits per heavy atom. The topological polar surface area (TPSA) is 72.9 Å². The minimum Gasteiger partial charge on any atom is -0.482 e. The molecule has 6 heteroatoms. The van der Waals surface area contributed by atoms with E-state index in [2.05, 4.69) is 6.58 Å². The summed E-state index contributed by atoms with van der Waals surface area (Å²) >= 11 is 0. The second-order valence-electron chi connectivity index (χ2n) is 5.92. The zero-order valence-electron chi connectivity index (χ0n) is 14.7. The van der Waals surface area contributed by atoms with Gasteiger partial charge in [0.15, 0.2) is 6.61 Å². The maximum Gasteiger partial charge on any atom is 0.344 e. The summed E-state index contributed by atoms with van der Waals surface area (Å²) in [6.45, 7) is 3.36. The number of hydrogen-bond acceptors (Lipinski definition) is 5. The lowest BCUT2D eigenvalue weighted by Crippen LogP contribution is -2.34. The average molecular weight is 365 g/mol. The van der Waals surface area contributed by atoms with Gasteiger partial charge in [-0.05, 0) is 30.2 Å². The van der Waals surface area contributed by atoms with Gasteiger partial charge in [-0.25, -0.2) is 4.79 Å². The van der Waals surface area contributed by atoms with Crippen LogP contribution >= 0.6 is 0 Å². The van der Waals surface area contributed by atoms with Gasteiger partial charge in [0.1, 0.15) is 12.4 Å². The van der Waals surface area contributed by atoms with E-state index in [-0.39, 0.29) is 31.6 Å². The van der Waals surface area contributed by atoms with E-state index in [4.69, 9.17) is 9.47 Å². The molecule has 1 aliphatic rings. The van der Waals surface area contributed by atoms with E-state index in [0.29, 0.717) is 23.3 Å². The molecule has 0 saturated carbocycles. The van der Waals surface area contributed by atoms with Crippen LogP contribution in [0.4, 0.5) is 0 Å². The molecule has 0 N–H and O–H groups in total. The third-order valence-corrected chi connectivity index (χ3v) is 4.14. The zero-order valence-corrected chi connectivity index (χ0v) is 14.7. The van der Waals surface area contributed by atoms with Gasteiger partial charge >= 0.3 is 5.97 Å². The van der Waals surface area contributed by atoms with Gasteiger partial charge in [-0.15, -0.1) is 6.58 Å². The van der Waals surface area contributed by atoms with E-state index in [1.165, 1.54) is 0 Å². The van der Waals surface area contributed by atoms with Crippen molar-refractivity contribution in [1.82, 2.24) is 4.90 Å². The number of fused-ring (bicyclic) bond motifs is 1. The number of para-hydroxylation sites is 1.